The molecule has 0 saturated carbocycles. The molecule has 1 unspecified atom stereocenters. The molecule has 2 aromatic heterocycles. The maximum absolute atomic E-state index is 12.6. The maximum atomic E-state index is 12.6. The third-order valence-electron chi connectivity index (χ3n) is 5.05. The Labute approximate surface area is 140 Å². The summed E-state index contributed by atoms with van der Waals surface area (Å²) in [5, 5.41) is 8.57. The number of aryl methyl sites for hydroxylation is 1. The molecule has 0 radical (unpaired) electrons. The van der Waals surface area contributed by atoms with E-state index < -0.39 is 0 Å². The van der Waals surface area contributed by atoms with Crippen LogP contribution in [-0.2, 0) is 11.8 Å². The molecule has 4 heterocycles. The van der Waals surface area contributed by atoms with Crippen LogP contribution in [0.15, 0.2) is 12.5 Å². The number of aromatic nitrogens is 4. The molecule has 1 atom stereocenters. The summed E-state index contributed by atoms with van der Waals surface area (Å²) in [4.78, 5) is 25.6. The third-order valence-corrected chi connectivity index (χ3v) is 5.05. The Morgan fingerprint density at radius 1 is 1.25 bits per heavy atom. The number of nitrogens with zero attached hydrogens (tertiary/aromatic N) is 6. The highest BCUT2D eigenvalue weighted by molar-refractivity contribution is 5.87. The monoisotopic (exact) mass is 329 g/mol. The van der Waals surface area contributed by atoms with Gasteiger partial charge in [0.2, 0.25) is 5.91 Å². The normalized spacial score (nSPS) is 22.1. The van der Waals surface area contributed by atoms with Gasteiger partial charge in [-0.05, 0) is 19.4 Å². The van der Waals surface area contributed by atoms with Crippen LogP contribution < -0.4 is 10.2 Å². The molecule has 0 aliphatic carbocycles. The van der Waals surface area contributed by atoms with E-state index in [9.17, 15) is 4.79 Å². The van der Waals surface area contributed by atoms with Crippen molar-refractivity contribution >= 4 is 22.8 Å². The number of carbonyl (C=O) groups excluding carboxylic acids is 1. The molecule has 0 spiro atoms. The topological polar surface area (TPSA) is 79.2 Å². The van der Waals surface area contributed by atoms with Gasteiger partial charge in [-0.1, -0.05) is 0 Å². The number of amides is 1. The van der Waals surface area contributed by atoms with Gasteiger partial charge >= 0.3 is 0 Å². The molecule has 8 nitrogen and oxygen atoms in total. The molecule has 128 valence electrons. The quantitative estimate of drug-likeness (QED) is 0.836. The predicted octanol–water partition coefficient (Wildman–Crippen LogP) is 0.0115. The number of hydrogen-bond donors (Lipinski definition) is 1. The van der Waals surface area contributed by atoms with Gasteiger partial charge in [0, 0.05) is 39.8 Å². The van der Waals surface area contributed by atoms with Gasteiger partial charge < -0.3 is 15.1 Å². The zero-order valence-corrected chi connectivity index (χ0v) is 14.0. The first-order chi connectivity index (χ1) is 11.7. The number of anilines is 1. The number of fused-ring (bicyclic) bond motifs is 1. The molecular weight excluding hydrogens is 306 g/mol. The Bertz CT molecular complexity index is 729. The smallest absolute Gasteiger partial charge is 0.227 e. The second-order valence-corrected chi connectivity index (χ2v) is 6.56. The number of carbonyl (C=O) groups is 1. The fourth-order valence-corrected chi connectivity index (χ4v) is 3.66. The van der Waals surface area contributed by atoms with Crippen molar-refractivity contribution in [1.82, 2.24) is 30.0 Å². The van der Waals surface area contributed by atoms with E-state index in [0.29, 0.717) is 5.91 Å². The standard InChI is InChI=1S/C16H23N7O/c1-21-14-13(10-20-21)15(19-11-18-14)22-5-7-23(8-6-22)16(24)12-3-2-4-17-9-12/h10-12,17H,2-9H2,1H3. The number of nitrogens with one attached hydrogen (secondary N) is 1. The van der Waals surface area contributed by atoms with Crippen molar-refractivity contribution in [1.29, 1.82) is 0 Å². The molecule has 2 aliphatic heterocycles. The Morgan fingerprint density at radius 3 is 2.83 bits per heavy atom. The van der Waals surface area contributed by atoms with Crippen molar-refractivity contribution in [2.24, 2.45) is 13.0 Å². The van der Waals surface area contributed by atoms with Crippen LogP contribution in [0, 0.1) is 5.92 Å². The number of piperidine rings is 1. The minimum atomic E-state index is 0.148. The molecule has 2 saturated heterocycles. The van der Waals surface area contributed by atoms with Gasteiger partial charge in [-0.15, -0.1) is 0 Å². The van der Waals surface area contributed by atoms with Gasteiger partial charge in [-0.25, -0.2) is 9.97 Å². The van der Waals surface area contributed by atoms with Gasteiger partial charge in [-0.3, -0.25) is 9.48 Å². The van der Waals surface area contributed by atoms with E-state index >= 15 is 0 Å². The largest absolute Gasteiger partial charge is 0.352 e. The summed E-state index contributed by atoms with van der Waals surface area (Å²) in [6.45, 7) is 4.95. The minimum Gasteiger partial charge on any atom is -0.352 e. The summed E-state index contributed by atoms with van der Waals surface area (Å²) in [5.74, 6) is 1.37. The van der Waals surface area contributed by atoms with Crippen LogP contribution in [0.4, 0.5) is 5.82 Å². The summed E-state index contributed by atoms with van der Waals surface area (Å²) < 4.78 is 1.76. The molecule has 1 amide bonds. The Hall–Kier alpha value is -2.22. The van der Waals surface area contributed by atoms with Crippen molar-refractivity contribution in [3.8, 4) is 0 Å². The van der Waals surface area contributed by atoms with Crippen LogP contribution in [0.25, 0.3) is 11.0 Å². The van der Waals surface area contributed by atoms with Gasteiger partial charge in [0.15, 0.2) is 5.65 Å². The van der Waals surface area contributed by atoms with Gasteiger partial charge in [-0.2, -0.15) is 5.10 Å². The second kappa shape index (κ2) is 6.35. The highest BCUT2D eigenvalue weighted by Gasteiger charge is 2.29. The number of rotatable bonds is 2. The van der Waals surface area contributed by atoms with Crippen LogP contribution >= 0.6 is 0 Å². The maximum Gasteiger partial charge on any atom is 0.227 e. The lowest BCUT2D eigenvalue weighted by atomic mass is 9.98. The van der Waals surface area contributed by atoms with Crippen LogP contribution in [-0.4, -0.2) is 69.8 Å². The van der Waals surface area contributed by atoms with Crippen molar-refractivity contribution in [2.75, 3.05) is 44.2 Å². The molecule has 24 heavy (non-hydrogen) atoms. The highest BCUT2D eigenvalue weighted by atomic mass is 16.2. The third kappa shape index (κ3) is 2.71. The lowest BCUT2D eigenvalue weighted by molar-refractivity contribution is -0.136. The van der Waals surface area contributed by atoms with Gasteiger partial charge in [0.25, 0.3) is 0 Å². The van der Waals surface area contributed by atoms with Crippen LogP contribution in [0.5, 0.6) is 0 Å². The zero-order valence-electron chi connectivity index (χ0n) is 14.0. The number of piperazine rings is 1. The summed E-state index contributed by atoms with van der Waals surface area (Å²) in [6.07, 6.45) is 5.50. The molecule has 2 fully saturated rings. The van der Waals surface area contributed by atoms with Crippen LogP contribution in [0.3, 0.4) is 0 Å². The summed E-state index contributed by atoms with van der Waals surface area (Å²) in [6, 6.07) is 0. The fraction of sp³-hybridized carbons (Fsp3) is 0.625. The van der Waals surface area contributed by atoms with Crippen molar-refractivity contribution in [3.63, 3.8) is 0 Å². The van der Waals surface area contributed by atoms with E-state index in [1.165, 1.54) is 0 Å². The fourth-order valence-electron chi connectivity index (χ4n) is 3.66. The Balaban J connectivity index is 1.44. The molecule has 8 heteroatoms. The Morgan fingerprint density at radius 2 is 2.08 bits per heavy atom. The zero-order chi connectivity index (χ0) is 16.5. The van der Waals surface area contributed by atoms with Crippen LogP contribution in [0.1, 0.15) is 12.8 Å². The van der Waals surface area contributed by atoms with Gasteiger partial charge in [0.1, 0.15) is 12.1 Å². The summed E-state index contributed by atoms with van der Waals surface area (Å²) in [5.41, 5.74) is 0.840. The molecule has 0 bridgehead atoms. The lowest BCUT2D eigenvalue weighted by Crippen LogP contribution is -2.52. The van der Waals surface area contributed by atoms with Gasteiger partial charge in [0.05, 0.1) is 17.5 Å². The van der Waals surface area contributed by atoms with E-state index in [-0.39, 0.29) is 5.92 Å². The van der Waals surface area contributed by atoms with Crippen LogP contribution in [0.2, 0.25) is 0 Å². The SMILES string of the molecule is Cn1ncc2c(N3CCN(C(=O)C4CCCNC4)CC3)ncnc21. The molecule has 1 N–H and O–H groups in total. The van der Waals surface area contributed by atoms with Crippen molar-refractivity contribution < 1.29 is 4.79 Å². The Kier molecular flexibility index (Phi) is 4.05. The molecule has 4 rings (SSSR count). The molecular formula is C16H23N7O. The first-order valence-corrected chi connectivity index (χ1v) is 8.61. The predicted molar refractivity (Wildman–Crippen MR) is 90.7 cm³/mol. The average molecular weight is 329 g/mol. The van der Waals surface area contributed by atoms with E-state index in [1.807, 2.05) is 18.1 Å². The highest BCUT2D eigenvalue weighted by Crippen LogP contribution is 2.24. The minimum absolute atomic E-state index is 0.148. The van der Waals surface area contributed by atoms with E-state index in [1.54, 1.807) is 11.0 Å². The molecule has 2 aromatic rings. The first-order valence-electron chi connectivity index (χ1n) is 8.61. The van der Waals surface area contributed by atoms with Crippen molar-refractivity contribution in [3.05, 3.63) is 12.5 Å². The molecule has 0 aromatic carbocycles. The van der Waals surface area contributed by atoms with E-state index in [0.717, 1.165) is 69.0 Å². The van der Waals surface area contributed by atoms with Crippen molar-refractivity contribution in [2.45, 2.75) is 12.8 Å². The number of hydrogen-bond acceptors (Lipinski definition) is 6. The second-order valence-electron chi connectivity index (χ2n) is 6.56. The molecule has 2 aliphatic rings. The van der Waals surface area contributed by atoms with E-state index in [2.05, 4.69) is 25.3 Å². The van der Waals surface area contributed by atoms with E-state index in [4.69, 9.17) is 0 Å². The lowest BCUT2D eigenvalue weighted by Gasteiger charge is -2.37. The average Bonchev–Trinajstić information content (AvgIpc) is 3.03. The summed E-state index contributed by atoms with van der Waals surface area (Å²) in [7, 11) is 1.88. The first kappa shape index (κ1) is 15.3. The summed E-state index contributed by atoms with van der Waals surface area (Å²) >= 11 is 0.